The molecule has 0 radical (unpaired) electrons. The van der Waals surface area contributed by atoms with Crippen molar-refractivity contribution in [2.45, 2.75) is 58.0 Å². The maximum absolute atomic E-state index is 3.58. The second kappa shape index (κ2) is 6.39. The Kier molecular flexibility index (Phi) is 5.40. The maximum atomic E-state index is 3.58. The highest BCUT2D eigenvalue weighted by molar-refractivity contribution is 4.72. The number of rotatable bonds is 5. The van der Waals surface area contributed by atoms with Gasteiger partial charge in [-0.2, -0.15) is 0 Å². The molecule has 1 fully saturated rings. The van der Waals surface area contributed by atoms with Crippen molar-refractivity contribution in [1.29, 1.82) is 0 Å². The minimum absolute atomic E-state index is 0.638. The topological polar surface area (TPSA) is 24.1 Å². The Bertz CT molecular complexity index is 117. The van der Waals surface area contributed by atoms with Crippen molar-refractivity contribution in [2.75, 3.05) is 13.1 Å². The average Bonchev–Trinajstić information content (AvgIpc) is 2.14. The lowest BCUT2D eigenvalue weighted by Crippen LogP contribution is -2.34. The van der Waals surface area contributed by atoms with Crippen LogP contribution in [0.3, 0.4) is 0 Å². The van der Waals surface area contributed by atoms with E-state index in [9.17, 15) is 0 Å². The van der Waals surface area contributed by atoms with Crippen molar-refractivity contribution >= 4 is 0 Å². The largest absolute Gasteiger partial charge is 0.315 e. The highest BCUT2D eigenvalue weighted by Gasteiger charge is 2.11. The van der Waals surface area contributed by atoms with E-state index in [-0.39, 0.29) is 0 Å². The van der Waals surface area contributed by atoms with Crippen molar-refractivity contribution in [3.05, 3.63) is 0 Å². The first kappa shape index (κ1) is 11.0. The van der Waals surface area contributed by atoms with Crippen molar-refractivity contribution in [3.8, 4) is 0 Å². The van der Waals surface area contributed by atoms with Crippen molar-refractivity contribution in [3.63, 3.8) is 0 Å². The van der Waals surface area contributed by atoms with Crippen LogP contribution in [0.25, 0.3) is 0 Å². The van der Waals surface area contributed by atoms with Gasteiger partial charge in [0.05, 0.1) is 0 Å². The molecule has 1 heterocycles. The van der Waals surface area contributed by atoms with E-state index in [1.165, 1.54) is 45.2 Å². The number of piperidine rings is 1. The van der Waals surface area contributed by atoms with Crippen LogP contribution in [0.2, 0.25) is 0 Å². The molecule has 0 aromatic rings. The standard InChI is InChI=1S/C11H24N2/c1-10(2)12-9-5-7-11-6-3-4-8-13-11/h10-13H,3-9H2,1-2H3/t11-/m0/s1. The quantitative estimate of drug-likeness (QED) is 0.638. The summed E-state index contributed by atoms with van der Waals surface area (Å²) in [4.78, 5) is 0. The first-order valence-corrected chi connectivity index (χ1v) is 5.76. The molecule has 1 saturated heterocycles. The summed E-state index contributed by atoms with van der Waals surface area (Å²) in [5.74, 6) is 0. The molecule has 1 aliphatic rings. The molecule has 13 heavy (non-hydrogen) atoms. The molecule has 1 aliphatic heterocycles. The van der Waals surface area contributed by atoms with Crippen LogP contribution in [0.1, 0.15) is 46.0 Å². The minimum Gasteiger partial charge on any atom is -0.315 e. The van der Waals surface area contributed by atoms with Gasteiger partial charge < -0.3 is 10.6 Å². The van der Waals surface area contributed by atoms with Gasteiger partial charge in [-0.25, -0.2) is 0 Å². The molecule has 78 valence electrons. The molecular weight excluding hydrogens is 160 g/mol. The van der Waals surface area contributed by atoms with Gasteiger partial charge in [0, 0.05) is 12.1 Å². The lowest BCUT2D eigenvalue weighted by Gasteiger charge is -2.23. The Balaban J connectivity index is 1.92. The monoisotopic (exact) mass is 184 g/mol. The fourth-order valence-corrected chi connectivity index (χ4v) is 1.91. The Labute approximate surface area is 82.5 Å². The summed E-state index contributed by atoms with van der Waals surface area (Å²) in [5.41, 5.74) is 0. The second-order valence-electron chi connectivity index (χ2n) is 4.40. The van der Waals surface area contributed by atoms with Gasteiger partial charge in [-0.3, -0.25) is 0 Å². The van der Waals surface area contributed by atoms with Crippen LogP contribution in [-0.4, -0.2) is 25.2 Å². The minimum atomic E-state index is 0.638. The third kappa shape index (κ3) is 5.27. The van der Waals surface area contributed by atoms with Crippen LogP contribution in [0.15, 0.2) is 0 Å². The zero-order valence-corrected chi connectivity index (χ0v) is 9.10. The van der Waals surface area contributed by atoms with Gasteiger partial charge in [0.15, 0.2) is 0 Å². The third-order valence-corrected chi connectivity index (χ3v) is 2.69. The van der Waals surface area contributed by atoms with Gasteiger partial charge in [-0.15, -0.1) is 0 Å². The highest BCUT2D eigenvalue weighted by Crippen LogP contribution is 2.11. The van der Waals surface area contributed by atoms with Gasteiger partial charge in [0.25, 0.3) is 0 Å². The first-order valence-electron chi connectivity index (χ1n) is 5.76. The Morgan fingerprint density at radius 1 is 1.38 bits per heavy atom. The van der Waals surface area contributed by atoms with E-state index in [1.807, 2.05) is 0 Å². The van der Waals surface area contributed by atoms with Crippen LogP contribution >= 0.6 is 0 Å². The Morgan fingerprint density at radius 3 is 2.85 bits per heavy atom. The Morgan fingerprint density at radius 2 is 2.23 bits per heavy atom. The molecule has 0 amide bonds. The van der Waals surface area contributed by atoms with Crippen molar-refractivity contribution in [2.24, 2.45) is 0 Å². The molecule has 0 unspecified atom stereocenters. The van der Waals surface area contributed by atoms with Crippen molar-refractivity contribution in [1.82, 2.24) is 10.6 Å². The van der Waals surface area contributed by atoms with Gasteiger partial charge in [-0.05, 0) is 38.8 Å². The summed E-state index contributed by atoms with van der Waals surface area (Å²) in [5, 5.41) is 7.04. The molecule has 2 heteroatoms. The van der Waals surface area contributed by atoms with Gasteiger partial charge >= 0.3 is 0 Å². The summed E-state index contributed by atoms with van der Waals surface area (Å²) in [6.45, 7) is 6.83. The molecular formula is C11H24N2. The molecule has 0 saturated carbocycles. The van der Waals surface area contributed by atoms with E-state index in [4.69, 9.17) is 0 Å². The molecule has 0 bridgehead atoms. The van der Waals surface area contributed by atoms with Gasteiger partial charge in [-0.1, -0.05) is 20.3 Å². The summed E-state index contributed by atoms with van der Waals surface area (Å²) in [6.07, 6.45) is 6.85. The van der Waals surface area contributed by atoms with E-state index in [0.29, 0.717) is 6.04 Å². The SMILES string of the molecule is CC(C)NCCC[C@@H]1CCCCN1. The third-order valence-electron chi connectivity index (χ3n) is 2.69. The number of hydrogen-bond donors (Lipinski definition) is 2. The Hall–Kier alpha value is -0.0800. The van der Waals surface area contributed by atoms with Crippen LogP contribution in [0.5, 0.6) is 0 Å². The molecule has 0 aromatic heterocycles. The van der Waals surface area contributed by atoms with Crippen LogP contribution in [-0.2, 0) is 0 Å². The van der Waals surface area contributed by atoms with Crippen LogP contribution in [0, 0.1) is 0 Å². The molecule has 0 spiro atoms. The van der Waals surface area contributed by atoms with Gasteiger partial charge in [0.1, 0.15) is 0 Å². The average molecular weight is 184 g/mol. The molecule has 0 aliphatic carbocycles. The summed E-state index contributed by atoms with van der Waals surface area (Å²) < 4.78 is 0. The summed E-state index contributed by atoms with van der Waals surface area (Å²) in [7, 11) is 0. The smallest absolute Gasteiger partial charge is 0.00675 e. The zero-order chi connectivity index (χ0) is 9.52. The number of hydrogen-bond acceptors (Lipinski definition) is 2. The maximum Gasteiger partial charge on any atom is 0.00675 e. The van der Waals surface area contributed by atoms with E-state index in [1.54, 1.807) is 0 Å². The fourth-order valence-electron chi connectivity index (χ4n) is 1.91. The second-order valence-corrected chi connectivity index (χ2v) is 4.40. The number of nitrogens with one attached hydrogen (secondary N) is 2. The molecule has 0 aromatic carbocycles. The lowest BCUT2D eigenvalue weighted by atomic mass is 10.0. The normalized spacial score (nSPS) is 23.8. The first-order chi connectivity index (χ1) is 6.29. The van der Waals surface area contributed by atoms with E-state index in [2.05, 4.69) is 24.5 Å². The molecule has 2 nitrogen and oxygen atoms in total. The van der Waals surface area contributed by atoms with Crippen LogP contribution in [0.4, 0.5) is 0 Å². The predicted molar refractivity (Wildman–Crippen MR) is 58.0 cm³/mol. The zero-order valence-electron chi connectivity index (χ0n) is 9.10. The van der Waals surface area contributed by atoms with Crippen LogP contribution < -0.4 is 10.6 Å². The molecule has 1 rings (SSSR count). The molecule has 1 atom stereocenters. The van der Waals surface area contributed by atoms with E-state index < -0.39 is 0 Å². The van der Waals surface area contributed by atoms with Crippen molar-refractivity contribution < 1.29 is 0 Å². The summed E-state index contributed by atoms with van der Waals surface area (Å²) >= 11 is 0. The highest BCUT2D eigenvalue weighted by atomic mass is 14.9. The lowest BCUT2D eigenvalue weighted by molar-refractivity contribution is 0.371. The van der Waals surface area contributed by atoms with E-state index >= 15 is 0 Å². The predicted octanol–water partition coefficient (Wildman–Crippen LogP) is 1.91. The summed E-state index contributed by atoms with van der Waals surface area (Å²) in [6, 6.07) is 1.45. The van der Waals surface area contributed by atoms with Gasteiger partial charge in [0.2, 0.25) is 0 Å². The van der Waals surface area contributed by atoms with E-state index in [0.717, 1.165) is 6.04 Å². The molecule has 2 N–H and O–H groups in total. The fraction of sp³-hybridized carbons (Fsp3) is 1.00.